The second-order valence-corrected chi connectivity index (χ2v) is 8.85. The molecule has 1 aliphatic carbocycles. The number of hydrogen-bond acceptors (Lipinski definition) is 2. The van der Waals surface area contributed by atoms with Crippen molar-refractivity contribution in [3.63, 3.8) is 0 Å². The van der Waals surface area contributed by atoms with Gasteiger partial charge in [-0.25, -0.2) is 4.98 Å². The van der Waals surface area contributed by atoms with Crippen LogP contribution in [0.3, 0.4) is 0 Å². The Bertz CT molecular complexity index is 1310. The van der Waals surface area contributed by atoms with Crippen molar-refractivity contribution in [3.05, 3.63) is 77.4 Å². The van der Waals surface area contributed by atoms with Crippen LogP contribution in [-0.4, -0.2) is 21.5 Å². The molecule has 1 N–H and O–H groups in total. The van der Waals surface area contributed by atoms with E-state index < -0.39 is 0 Å². The van der Waals surface area contributed by atoms with Crippen molar-refractivity contribution < 1.29 is 4.79 Å². The molecule has 4 heteroatoms. The van der Waals surface area contributed by atoms with Crippen LogP contribution in [0.15, 0.2) is 60.7 Å². The number of carbonyl (C=O) groups is 1. The van der Waals surface area contributed by atoms with E-state index in [9.17, 15) is 4.79 Å². The molecule has 1 amide bonds. The molecular weight excluding hydrogens is 394 g/mol. The van der Waals surface area contributed by atoms with Gasteiger partial charge in [0, 0.05) is 23.7 Å². The number of amides is 1. The first kappa shape index (κ1) is 20.5. The van der Waals surface area contributed by atoms with Crippen molar-refractivity contribution in [1.29, 1.82) is 0 Å². The van der Waals surface area contributed by atoms with Crippen LogP contribution in [0.4, 0.5) is 0 Å². The molecule has 0 bridgehead atoms. The molecule has 1 heterocycles. The van der Waals surface area contributed by atoms with Crippen molar-refractivity contribution in [2.75, 3.05) is 0 Å². The standard InChI is InChI=1S/C28H29N3O/c1-4-31-26-15-13-20(28(32)29-21-8-7-9-21)17-25(26)30-27(31)24-11-6-5-10-23(24)22-14-12-18(2)16-19(22)3/h5-6,10-17,21H,4,7-9H2,1-3H3,(H,29,32). The second-order valence-electron chi connectivity index (χ2n) is 8.85. The van der Waals surface area contributed by atoms with E-state index in [0.29, 0.717) is 11.6 Å². The highest BCUT2D eigenvalue weighted by molar-refractivity contribution is 5.98. The predicted octanol–water partition coefficient (Wildman–Crippen LogP) is 6.29. The fourth-order valence-electron chi connectivity index (χ4n) is 4.65. The molecule has 4 aromatic rings. The Balaban J connectivity index is 1.61. The zero-order chi connectivity index (χ0) is 22.2. The molecule has 0 aliphatic heterocycles. The van der Waals surface area contributed by atoms with Gasteiger partial charge in [0.1, 0.15) is 5.82 Å². The number of rotatable bonds is 5. The highest BCUT2D eigenvalue weighted by atomic mass is 16.1. The Morgan fingerprint density at radius 1 is 1.00 bits per heavy atom. The van der Waals surface area contributed by atoms with E-state index >= 15 is 0 Å². The number of imidazole rings is 1. The minimum absolute atomic E-state index is 0.000112. The largest absolute Gasteiger partial charge is 0.349 e. The summed E-state index contributed by atoms with van der Waals surface area (Å²) in [4.78, 5) is 17.7. The molecule has 32 heavy (non-hydrogen) atoms. The highest BCUT2D eigenvalue weighted by Gasteiger charge is 2.21. The summed E-state index contributed by atoms with van der Waals surface area (Å²) in [7, 11) is 0. The monoisotopic (exact) mass is 423 g/mol. The van der Waals surface area contributed by atoms with Gasteiger partial charge in [-0.1, -0.05) is 48.0 Å². The maximum Gasteiger partial charge on any atom is 0.251 e. The average Bonchev–Trinajstić information content (AvgIpc) is 3.14. The van der Waals surface area contributed by atoms with Crippen LogP contribution < -0.4 is 5.32 Å². The summed E-state index contributed by atoms with van der Waals surface area (Å²) < 4.78 is 2.24. The molecule has 5 rings (SSSR count). The van der Waals surface area contributed by atoms with Crippen molar-refractivity contribution >= 4 is 16.9 Å². The summed E-state index contributed by atoms with van der Waals surface area (Å²) in [6.45, 7) is 7.23. The maximum atomic E-state index is 12.7. The zero-order valence-corrected chi connectivity index (χ0v) is 19.0. The number of nitrogens with one attached hydrogen (secondary N) is 1. The van der Waals surface area contributed by atoms with Crippen molar-refractivity contribution in [2.24, 2.45) is 0 Å². The van der Waals surface area contributed by atoms with E-state index in [1.807, 2.05) is 18.2 Å². The van der Waals surface area contributed by atoms with Gasteiger partial charge in [-0.2, -0.15) is 0 Å². The van der Waals surface area contributed by atoms with Crippen LogP contribution >= 0.6 is 0 Å². The molecule has 0 radical (unpaired) electrons. The Labute approximate surface area is 189 Å². The van der Waals surface area contributed by atoms with Crippen LogP contribution in [0.5, 0.6) is 0 Å². The van der Waals surface area contributed by atoms with Crippen molar-refractivity contribution in [3.8, 4) is 22.5 Å². The summed E-state index contributed by atoms with van der Waals surface area (Å²) in [5.74, 6) is 0.939. The summed E-state index contributed by atoms with van der Waals surface area (Å²) >= 11 is 0. The molecule has 162 valence electrons. The summed E-state index contributed by atoms with van der Waals surface area (Å²) in [5.41, 5.74) is 8.62. The molecule has 1 saturated carbocycles. The first-order valence-corrected chi connectivity index (χ1v) is 11.5. The van der Waals surface area contributed by atoms with Crippen LogP contribution in [0.1, 0.15) is 47.7 Å². The molecule has 1 aliphatic rings. The number of fused-ring (bicyclic) bond motifs is 1. The zero-order valence-electron chi connectivity index (χ0n) is 19.0. The van der Waals surface area contributed by atoms with E-state index in [-0.39, 0.29) is 5.91 Å². The third-order valence-electron chi connectivity index (χ3n) is 6.61. The molecule has 0 unspecified atom stereocenters. The normalized spacial score (nSPS) is 13.8. The van der Waals surface area contributed by atoms with Crippen LogP contribution in [-0.2, 0) is 6.54 Å². The summed E-state index contributed by atoms with van der Waals surface area (Å²) in [6.07, 6.45) is 3.36. The number of benzene rings is 3. The summed E-state index contributed by atoms with van der Waals surface area (Å²) in [5, 5.41) is 3.13. The lowest BCUT2D eigenvalue weighted by molar-refractivity contribution is 0.0917. The molecule has 0 atom stereocenters. The molecule has 0 spiro atoms. The SMILES string of the molecule is CCn1c(-c2ccccc2-c2ccc(C)cc2C)nc2cc(C(=O)NC3CCC3)ccc21. The quantitative estimate of drug-likeness (QED) is 0.410. The Morgan fingerprint density at radius 3 is 2.47 bits per heavy atom. The Morgan fingerprint density at radius 2 is 1.78 bits per heavy atom. The van der Waals surface area contributed by atoms with Gasteiger partial charge in [0.15, 0.2) is 0 Å². The third kappa shape index (κ3) is 3.60. The topological polar surface area (TPSA) is 46.9 Å². The van der Waals surface area contributed by atoms with Crippen LogP contribution in [0, 0.1) is 13.8 Å². The lowest BCUT2D eigenvalue weighted by Gasteiger charge is -2.26. The van der Waals surface area contributed by atoms with E-state index in [4.69, 9.17) is 4.98 Å². The van der Waals surface area contributed by atoms with E-state index in [1.54, 1.807) is 0 Å². The molecule has 1 aromatic heterocycles. The molecular formula is C28H29N3O. The van der Waals surface area contributed by atoms with Gasteiger partial charge >= 0.3 is 0 Å². The van der Waals surface area contributed by atoms with Gasteiger partial charge < -0.3 is 9.88 Å². The second kappa shape index (κ2) is 8.27. The molecule has 3 aromatic carbocycles. The fraction of sp³-hybridized carbons (Fsp3) is 0.286. The number of aromatic nitrogens is 2. The van der Waals surface area contributed by atoms with Gasteiger partial charge in [-0.3, -0.25) is 4.79 Å². The number of hydrogen-bond donors (Lipinski definition) is 1. The number of carbonyl (C=O) groups excluding carboxylic acids is 1. The molecule has 0 saturated heterocycles. The van der Waals surface area contributed by atoms with Gasteiger partial charge in [-0.05, 0) is 74.9 Å². The van der Waals surface area contributed by atoms with Crippen LogP contribution in [0.2, 0.25) is 0 Å². The van der Waals surface area contributed by atoms with Crippen molar-refractivity contribution in [2.45, 2.75) is 52.6 Å². The van der Waals surface area contributed by atoms with E-state index in [1.165, 1.54) is 28.7 Å². The van der Waals surface area contributed by atoms with Crippen molar-refractivity contribution in [1.82, 2.24) is 14.9 Å². The highest BCUT2D eigenvalue weighted by Crippen LogP contribution is 2.35. The molecule has 1 fully saturated rings. The van der Waals surface area contributed by atoms with E-state index in [2.05, 4.69) is 73.1 Å². The van der Waals surface area contributed by atoms with E-state index in [0.717, 1.165) is 41.8 Å². The minimum atomic E-state index is -0.000112. The molecule has 4 nitrogen and oxygen atoms in total. The van der Waals surface area contributed by atoms with Crippen LogP contribution in [0.25, 0.3) is 33.5 Å². The number of nitrogens with zero attached hydrogens (tertiary/aromatic N) is 2. The minimum Gasteiger partial charge on any atom is -0.349 e. The lowest BCUT2D eigenvalue weighted by atomic mass is 9.93. The van der Waals surface area contributed by atoms with Gasteiger partial charge in [0.25, 0.3) is 5.91 Å². The fourth-order valence-corrected chi connectivity index (χ4v) is 4.65. The Hall–Kier alpha value is -3.40. The number of aryl methyl sites for hydroxylation is 3. The Kier molecular flexibility index (Phi) is 5.30. The first-order valence-electron chi connectivity index (χ1n) is 11.5. The smallest absolute Gasteiger partial charge is 0.251 e. The maximum absolute atomic E-state index is 12.7. The first-order chi connectivity index (χ1) is 15.5. The third-order valence-corrected chi connectivity index (χ3v) is 6.61. The average molecular weight is 424 g/mol. The lowest BCUT2D eigenvalue weighted by Crippen LogP contribution is -2.39. The predicted molar refractivity (Wildman–Crippen MR) is 131 cm³/mol. The van der Waals surface area contributed by atoms with Gasteiger partial charge in [-0.15, -0.1) is 0 Å². The summed E-state index contributed by atoms with van der Waals surface area (Å²) in [6, 6.07) is 21.3. The van der Waals surface area contributed by atoms with Gasteiger partial charge in [0.2, 0.25) is 0 Å². The van der Waals surface area contributed by atoms with Gasteiger partial charge in [0.05, 0.1) is 11.0 Å².